The summed E-state index contributed by atoms with van der Waals surface area (Å²) in [7, 11) is 1.98. The maximum atomic E-state index is 5.74. The molecule has 0 amide bonds. The van der Waals surface area contributed by atoms with Crippen LogP contribution < -0.4 is 5.32 Å². The molecule has 2 atom stereocenters. The summed E-state index contributed by atoms with van der Waals surface area (Å²) in [6.07, 6.45) is 0.331. The molecule has 4 heteroatoms. The molecule has 1 aromatic rings. The number of morpholine rings is 1. The lowest BCUT2D eigenvalue weighted by Crippen LogP contribution is -2.46. The van der Waals surface area contributed by atoms with Crippen LogP contribution in [0.25, 0.3) is 0 Å². The summed E-state index contributed by atoms with van der Waals surface area (Å²) in [4.78, 5) is 5.39. The van der Waals surface area contributed by atoms with E-state index in [0.717, 1.165) is 26.2 Å². The molecule has 96 valence electrons. The zero-order valence-electron chi connectivity index (χ0n) is 10.9. The Morgan fingerprint density at radius 1 is 1.59 bits per heavy atom. The predicted octanol–water partition coefficient (Wildman–Crippen LogP) is 2.04. The Morgan fingerprint density at radius 2 is 2.41 bits per heavy atom. The normalized spacial score (nSPS) is 23.8. The highest BCUT2D eigenvalue weighted by Crippen LogP contribution is 2.28. The van der Waals surface area contributed by atoms with E-state index < -0.39 is 0 Å². The van der Waals surface area contributed by atoms with Crippen LogP contribution in [0.3, 0.4) is 0 Å². The van der Waals surface area contributed by atoms with Crippen LogP contribution in [0.1, 0.15) is 22.7 Å². The maximum absolute atomic E-state index is 5.74. The summed E-state index contributed by atoms with van der Waals surface area (Å²) in [5.41, 5.74) is 0. The summed E-state index contributed by atoms with van der Waals surface area (Å²) >= 11 is 1.91. The zero-order chi connectivity index (χ0) is 12.3. The minimum atomic E-state index is 0.331. The van der Waals surface area contributed by atoms with Gasteiger partial charge in [-0.3, -0.25) is 4.90 Å². The van der Waals surface area contributed by atoms with E-state index in [0.29, 0.717) is 12.1 Å². The van der Waals surface area contributed by atoms with Crippen molar-refractivity contribution in [2.75, 3.05) is 33.3 Å². The lowest BCUT2D eigenvalue weighted by molar-refractivity contribution is -0.0388. The monoisotopic (exact) mass is 254 g/mol. The Labute approximate surface area is 108 Å². The number of nitrogens with zero attached hydrogens (tertiary/aromatic N) is 1. The molecule has 0 aliphatic carbocycles. The lowest BCUT2D eigenvalue weighted by Gasteiger charge is -2.36. The van der Waals surface area contributed by atoms with Crippen molar-refractivity contribution in [2.24, 2.45) is 0 Å². The average Bonchev–Trinajstić information content (AvgIpc) is 2.76. The number of rotatable bonds is 4. The van der Waals surface area contributed by atoms with Gasteiger partial charge in [0.2, 0.25) is 0 Å². The van der Waals surface area contributed by atoms with Gasteiger partial charge in [-0.25, -0.2) is 0 Å². The van der Waals surface area contributed by atoms with Gasteiger partial charge in [0, 0.05) is 35.4 Å². The second-order valence-corrected chi connectivity index (χ2v) is 5.99. The first-order valence-corrected chi connectivity index (χ1v) is 7.09. The Bertz CT molecular complexity index is 351. The molecule has 1 N–H and O–H groups in total. The van der Waals surface area contributed by atoms with Crippen LogP contribution in [0.5, 0.6) is 0 Å². The van der Waals surface area contributed by atoms with E-state index in [1.165, 1.54) is 9.75 Å². The Balaban J connectivity index is 1.97. The lowest BCUT2D eigenvalue weighted by atomic mass is 10.2. The first kappa shape index (κ1) is 13.0. The number of ether oxygens (including phenoxy) is 1. The largest absolute Gasteiger partial charge is 0.374 e. The van der Waals surface area contributed by atoms with Crippen molar-refractivity contribution >= 4 is 11.3 Å². The first-order chi connectivity index (χ1) is 8.20. The van der Waals surface area contributed by atoms with Gasteiger partial charge in [-0.1, -0.05) is 0 Å². The molecule has 0 bridgehead atoms. The molecule has 2 heterocycles. The molecule has 0 saturated carbocycles. The van der Waals surface area contributed by atoms with Gasteiger partial charge in [0.15, 0.2) is 0 Å². The van der Waals surface area contributed by atoms with Crippen molar-refractivity contribution < 1.29 is 4.74 Å². The van der Waals surface area contributed by atoms with Crippen molar-refractivity contribution in [3.05, 3.63) is 21.9 Å². The fourth-order valence-electron chi connectivity index (χ4n) is 2.30. The van der Waals surface area contributed by atoms with Crippen LogP contribution in [0.4, 0.5) is 0 Å². The number of aryl methyl sites for hydroxylation is 1. The summed E-state index contributed by atoms with van der Waals surface area (Å²) in [6.45, 7) is 8.32. The highest BCUT2D eigenvalue weighted by Gasteiger charge is 2.24. The van der Waals surface area contributed by atoms with Crippen molar-refractivity contribution in [1.82, 2.24) is 10.2 Å². The first-order valence-electron chi connectivity index (χ1n) is 6.27. The molecule has 1 saturated heterocycles. The molecule has 1 aliphatic heterocycles. The Kier molecular flexibility index (Phi) is 4.56. The highest BCUT2D eigenvalue weighted by atomic mass is 32.1. The third-order valence-corrected chi connectivity index (χ3v) is 4.49. The van der Waals surface area contributed by atoms with E-state index >= 15 is 0 Å². The van der Waals surface area contributed by atoms with Gasteiger partial charge in [0.05, 0.1) is 12.7 Å². The number of nitrogens with one attached hydrogen (secondary N) is 1. The van der Waals surface area contributed by atoms with Crippen molar-refractivity contribution in [3.63, 3.8) is 0 Å². The molecular weight excluding hydrogens is 232 g/mol. The van der Waals surface area contributed by atoms with Gasteiger partial charge in [0.25, 0.3) is 0 Å². The Morgan fingerprint density at radius 3 is 3.06 bits per heavy atom. The summed E-state index contributed by atoms with van der Waals surface area (Å²) in [6, 6.07) is 4.98. The number of hydrogen-bond donors (Lipinski definition) is 1. The number of likely N-dealkylation sites (N-methyl/N-ethyl adjacent to an activating group) is 1. The second-order valence-electron chi connectivity index (χ2n) is 4.67. The van der Waals surface area contributed by atoms with E-state index in [4.69, 9.17) is 4.74 Å². The van der Waals surface area contributed by atoms with E-state index in [-0.39, 0.29) is 0 Å². The summed E-state index contributed by atoms with van der Waals surface area (Å²) in [5.74, 6) is 0. The zero-order valence-corrected chi connectivity index (χ0v) is 11.7. The minimum Gasteiger partial charge on any atom is -0.374 e. The van der Waals surface area contributed by atoms with Gasteiger partial charge in [-0.05, 0) is 33.0 Å². The quantitative estimate of drug-likeness (QED) is 0.890. The van der Waals surface area contributed by atoms with Gasteiger partial charge in [-0.2, -0.15) is 0 Å². The van der Waals surface area contributed by atoms with Crippen molar-refractivity contribution in [2.45, 2.75) is 26.0 Å². The standard InChI is InChI=1S/C13H22N2OS/c1-10-4-5-13(17-10)11(2)15-6-7-16-12(9-15)8-14-3/h4-5,11-12,14H,6-9H2,1-3H3. The van der Waals surface area contributed by atoms with Crippen LogP contribution in [-0.4, -0.2) is 44.3 Å². The van der Waals surface area contributed by atoms with Crippen molar-refractivity contribution in [1.29, 1.82) is 0 Å². The van der Waals surface area contributed by atoms with Gasteiger partial charge < -0.3 is 10.1 Å². The smallest absolute Gasteiger partial charge is 0.0826 e. The summed E-state index contributed by atoms with van der Waals surface area (Å²) in [5, 5.41) is 3.19. The van der Waals surface area contributed by atoms with E-state index in [9.17, 15) is 0 Å². The maximum Gasteiger partial charge on any atom is 0.0826 e. The molecule has 17 heavy (non-hydrogen) atoms. The number of thiophene rings is 1. The van der Waals surface area contributed by atoms with Crippen LogP contribution in [0.15, 0.2) is 12.1 Å². The minimum absolute atomic E-state index is 0.331. The van der Waals surface area contributed by atoms with Gasteiger partial charge in [-0.15, -0.1) is 11.3 Å². The molecule has 0 aromatic carbocycles. The van der Waals surface area contributed by atoms with Crippen LogP contribution in [0.2, 0.25) is 0 Å². The molecule has 2 rings (SSSR count). The van der Waals surface area contributed by atoms with E-state index in [1.54, 1.807) is 0 Å². The molecular formula is C13H22N2OS. The fraction of sp³-hybridized carbons (Fsp3) is 0.692. The molecule has 2 unspecified atom stereocenters. The Hall–Kier alpha value is -0.420. The SMILES string of the molecule is CNCC1CN(C(C)c2ccc(C)s2)CCO1. The molecule has 3 nitrogen and oxygen atoms in total. The van der Waals surface area contributed by atoms with Gasteiger partial charge >= 0.3 is 0 Å². The predicted molar refractivity (Wildman–Crippen MR) is 72.7 cm³/mol. The summed E-state index contributed by atoms with van der Waals surface area (Å²) < 4.78 is 5.74. The molecule has 0 radical (unpaired) electrons. The number of hydrogen-bond acceptors (Lipinski definition) is 4. The highest BCUT2D eigenvalue weighted by molar-refractivity contribution is 7.12. The van der Waals surface area contributed by atoms with Crippen LogP contribution >= 0.6 is 11.3 Å². The second kappa shape index (κ2) is 5.96. The fourth-order valence-corrected chi connectivity index (χ4v) is 3.27. The third kappa shape index (κ3) is 3.28. The van der Waals surface area contributed by atoms with Gasteiger partial charge in [0.1, 0.15) is 0 Å². The topological polar surface area (TPSA) is 24.5 Å². The molecule has 1 aliphatic rings. The average molecular weight is 254 g/mol. The van der Waals surface area contributed by atoms with E-state index in [2.05, 4.69) is 36.2 Å². The molecule has 0 spiro atoms. The third-order valence-electron chi connectivity index (χ3n) is 3.32. The van der Waals surface area contributed by atoms with E-state index in [1.807, 2.05) is 18.4 Å². The van der Waals surface area contributed by atoms with Crippen LogP contribution in [0, 0.1) is 6.92 Å². The van der Waals surface area contributed by atoms with Crippen molar-refractivity contribution in [3.8, 4) is 0 Å². The molecule has 1 fully saturated rings. The van der Waals surface area contributed by atoms with Crippen LogP contribution in [-0.2, 0) is 4.74 Å². The molecule has 1 aromatic heterocycles.